The predicted octanol–water partition coefficient (Wildman–Crippen LogP) is 5.56. The molecule has 10 heteroatoms. The molecule has 0 unspecified atom stereocenters. The number of nitrogens with two attached hydrogens (primary N) is 1. The molecule has 0 aliphatic carbocycles. The maximum Gasteiger partial charge on any atom is 0.323 e. The van der Waals surface area contributed by atoms with E-state index in [0.717, 1.165) is 11.1 Å². The maximum atomic E-state index is 12.6. The van der Waals surface area contributed by atoms with E-state index < -0.39 is 11.9 Å². The van der Waals surface area contributed by atoms with Gasteiger partial charge in [-0.25, -0.2) is 4.79 Å². The Morgan fingerprint density at radius 1 is 0.675 bits per heavy atom. The van der Waals surface area contributed by atoms with Gasteiger partial charge in [-0.3, -0.25) is 10.2 Å². The Hall–Kier alpha value is -5.51. The van der Waals surface area contributed by atoms with Crippen LogP contribution in [0.15, 0.2) is 84.9 Å². The molecule has 10 nitrogen and oxygen atoms in total. The van der Waals surface area contributed by atoms with Gasteiger partial charge in [0.2, 0.25) is 11.7 Å². The van der Waals surface area contributed by atoms with Crippen molar-refractivity contribution in [2.75, 3.05) is 37.3 Å². The lowest BCUT2D eigenvalue weighted by Gasteiger charge is -2.19. The molecule has 0 saturated carbocycles. The summed E-state index contributed by atoms with van der Waals surface area (Å²) in [5, 5.41) is 17.2. The minimum Gasteiger partial charge on any atom is -0.493 e. The summed E-state index contributed by atoms with van der Waals surface area (Å²) in [4.78, 5) is 24.9. The summed E-state index contributed by atoms with van der Waals surface area (Å²) in [7, 11) is 4.22. The molecule has 0 aliphatic heterocycles. The summed E-state index contributed by atoms with van der Waals surface area (Å²) in [6, 6.07) is 25.2. The number of amidine groups is 1. The fourth-order valence-electron chi connectivity index (χ4n) is 4.15. The molecule has 3 amide bonds. The normalized spacial score (nSPS) is 10.3. The smallest absolute Gasteiger partial charge is 0.323 e. The molecule has 0 spiro atoms. The molecule has 6 N–H and O–H groups in total. The average Bonchev–Trinajstić information content (AvgIpc) is 2.96. The molecule has 0 atom stereocenters. The minimum absolute atomic E-state index is 0.0129. The molecule has 0 fully saturated rings. The molecule has 4 aromatic carbocycles. The Bertz CT molecular complexity index is 1540. The number of hydrogen-bond acceptors (Lipinski definition) is 6. The summed E-state index contributed by atoms with van der Waals surface area (Å²) in [6.07, 6.45) is 0. The summed E-state index contributed by atoms with van der Waals surface area (Å²) in [6.45, 7) is 0. The van der Waals surface area contributed by atoms with Crippen LogP contribution in [0.1, 0.15) is 15.9 Å². The number of benzene rings is 4. The summed E-state index contributed by atoms with van der Waals surface area (Å²) < 4.78 is 16.2. The molecule has 0 aliphatic rings. The van der Waals surface area contributed by atoms with E-state index >= 15 is 0 Å². The van der Waals surface area contributed by atoms with Crippen molar-refractivity contribution in [1.29, 1.82) is 5.41 Å². The Balaban J connectivity index is 1.49. The van der Waals surface area contributed by atoms with Crippen LogP contribution in [0.3, 0.4) is 0 Å². The number of nitrogens with one attached hydrogen (secondary N) is 4. The lowest BCUT2D eigenvalue weighted by atomic mass is 10.0. The molecule has 4 aromatic rings. The van der Waals surface area contributed by atoms with E-state index in [1.807, 2.05) is 54.6 Å². The molecule has 0 saturated heterocycles. The molecule has 0 radical (unpaired) electrons. The first-order chi connectivity index (χ1) is 19.3. The maximum absolute atomic E-state index is 12.6. The zero-order valence-electron chi connectivity index (χ0n) is 22.2. The van der Waals surface area contributed by atoms with Crippen molar-refractivity contribution < 1.29 is 23.8 Å². The van der Waals surface area contributed by atoms with Gasteiger partial charge in [0.15, 0.2) is 11.5 Å². The first kappa shape index (κ1) is 27.5. The molecule has 0 aromatic heterocycles. The number of carbonyl (C=O) groups excluding carboxylic acids is 2. The topological polar surface area (TPSA) is 148 Å². The van der Waals surface area contributed by atoms with Crippen LogP contribution in [0.5, 0.6) is 17.2 Å². The molecule has 204 valence electrons. The lowest BCUT2D eigenvalue weighted by Crippen LogP contribution is -2.22. The quantitative estimate of drug-likeness (QED) is 0.139. The van der Waals surface area contributed by atoms with Gasteiger partial charge in [-0.15, -0.1) is 0 Å². The largest absolute Gasteiger partial charge is 0.493 e. The van der Waals surface area contributed by atoms with Crippen molar-refractivity contribution in [1.82, 2.24) is 0 Å². The number of methoxy groups -OCH3 is 3. The van der Waals surface area contributed by atoms with Crippen molar-refractivity contribution in [3.8, 4) is 28.4 Å². The van der Waals surface area contributed by atoms with E-state index in [2.05, 4.69) is 16.0 Å². The van der Waals surface area contributed by atoms with E-state index in [1.165, 1.54) is 27.4 Å². The Morgan fingerprint density at radius 3 is 1.88 bits per heavy atom. The van der Waals surface area contributed by atoms with Crippen LogP contribution in [0.2, 0.25) is 0 Å². The second-order valence-corrected chi connectivity index (χ2v) is 8.54. The minimum atomic E-state index is -0.773. The molecular formula is C30H29N5O5. The third kappa shape index (κ3) is 6.13. The monoisotopic (exact) mass is 539 g/mol. The molecule has 0 bridgehead atoms. The molecular weight excluding hydrogens is 510 g/mol. The van der Waals surface area contributed by atoms with Gasteiger partial charge in [0.1, 0.15) is 5.84 Å². The van der Waals surface area contributed by atoms with Crippen molar-refractivity contribution in [3.05, 3.63) is 96.1 Å². The number of urea groups is 1. The predicted molar refractivity (Wildman–Crippen MR) is 156 cm³/mol. The number of anilines is 3. The van der Waals surface area contributed by atoms with Gasteiger partial charge in [-0.2, -0.15) is 0 Å². The van der Waals surface area contributed by atoms with Crippen molar-refractivity contribution in [2.45, 2.75) is 0 Å². The molecule has 0 heterocycles. The van der Waals surface area contributed by atoms with Crippen molar-refractivity contribution in [2.24, 2.45) is 5.73 Å². The van der Waals surface area contributed by atoms with Crippen LogP contribution >= 0.6 is 0 Å². The highest BCUT2D eigenvalue weighted by molar-refractivity contribution is 6.16. The Kier molecular flexibility index (Phi) is 8.50. The number of ether oxygens (including phenoxy) is 3. The van der Waals surface area contributed by atoms with E-state index in [9.17, 15) is 9.59 Å². The molecule has 4 rings (SSSR count). The standard InChI is InChI=1S/C30H29N5O5/c1-38-24-17-23(29(32)36)25(27(40-3)26(24)39-2)28(31)33-21-10-7-11-22(16-21)35-30(37)34-20-14-12-19(13-15-20)18-8-5-4-6-9-18/h4-17H,1-3H3,(H2,31,33)(H2,32,36)(H2,34,35,37). The van der Waals surface area contributed by atoms with Gasteiger partial charge in [-0.1, -0.05) is 48.5 Å². The van der Waals surface area contributed by atoms with E-state index in [4.69, 9.17) is 25.4 Å². The van der Waals surface area contributed by atoms with Gasteiger partial charge in [0, 0.05) is 17.1 Å². The van der Waals surface area contributed by atoms with Crippen molar-refractivity contribution >= 4 is 34.8 Å². The van der Waals surface area contributed by atoms with Crippen molar-refractivity contribution in [3.63, 3.8) is 0 Å². The summed E-state index contributed by atoms with van der Waals surface area (Å²) in [5.41, 5.74) is 9.42. The van der Waals surface area contributed by atoms with Crippen LogP contribution in [-0.2, 0) is 0 Å². The van der Waals surface area contributed by atoms with E-state index in [-0.39, 0.29) is 34.2 Å². The third-order valence-electron chi connectivity index (χ3n) is 5.99. The van der Waals surface area contributed by atoms with Crippen LogP contribution in [0.25, 0.3) is 11.1 Å². The van der Waals surface area contributed by atoms with Gasteiger partial charge in [-0.05, 0) is 47.5 Å². The van der Waals surface area contributed by atoms with Gasteiger partial charge in [0.05, 0.1) is 32.5 Å². The lowest BCUT2D eigenvalue weighted by molar-refractivity contribution is 0.0999. The SMILES string of the molecule is COc1cc(C(N)=O)c(C(=N)Nc2cccc(NC(=O)Nc3ccc(-c4ccccc4)cc3)c2)c(OC)c1OC. The number of rotatable bonds is 9. The van der Waals surface area contributed by atoms with Crippen LogP contribution < -0.4 is 35.9 Å². The fourth-order valence-corrected chi connectivity index (χ4v) is 4.15. The van der Waals surface area contributed by atoms with Crippen LogP contribution in [0.4, 0.5) is 21.9 Å². The Morgan fingerprint density at radius 2 is 1.27 bits per heavy atom. The van der Waals surface area contributed by atoms with Gasteiger partial charge >= 0.3 is 6.03 Å². The highest BCUT2D eigenvalue weighted by atomic mass is 16.5. The Labute approximate surface area is 231 Å². The summed E-state index contributed by atoms with van der Waals surface area (Å²) >= 11 is 0. The highest BCUT2D eigenvalue weighted by Gasteiger charge is 2.26. The number of amides is 3. The van der Waals surface area contributed by atoms with Crippen LogP contribution in [-0.4, -0.2) is 39.1 Å². The van der Waals surface area contributed by atoms with E-state index in [1.54, 1.807) is 24.3 Å². The highest BCUT2D eigenvalue weighted by Crippen LogP contribution is 2.42. The fraction of sp³-hybridized carbons (Fsp3) is 0.100. The summed E-state index contributed by atoms with van der Waals surface area (Å²) in [5.74, 6) is -0.395. The second kappa shape index (κ2) is 12.4. The second-order valence-electron chi connectivity index (χ2n) is 8.54. The van der Waals surface area contributed by atoms with E-state index in [0.29, 0.717) is 17.1 Å². The average molecular weight is 540 g/mol. The number of hydrogen-bond donors (Lipinski definition) is 5. The van der Waals surface area contributed by atoms with Crippen LogP contribution in [0, 0.1) is 5.41 Å². The first-order valence-corrected chi connectivity index (χ1v) is 12.2. The molecule has 40 heavy (non-hydrogen) atoms. The zero-order valence-corrected chi connectivity index (χ0v) is 22.2. The van der Waals surface area contributed by atoms with Gasteiger partial charge < -0.3 is 35.9 Å². The number of primary amides is 1. The first-order valence-electron chi connectivity index (χ1n) is 12.2. The van der Waals surface area contributed by atoms with Gasteiger partial charge in [0.25, 0.3) is 0 Å². The zero-order chi connectivity index (χ0) is 28.6. The third-order valence-corrected chi connectivity index (χ3v) is 5.99. The number of carbonyl (C=O) groups is 2.